The molecule has 1 aromatic carbocycles. The summed E-state index contributed by atoms with van der Waals surface area (Å²) in [6.45, 7) is -3.08. The molecule has 19 heteroatoms. The summed E-state index contributed by atoms with van der Waals surface area (Å²) in [6, 6.07) is 1.30. The molecular weight excluding hydrogens is 520 g/mol. The maximum absolute atomic E-state index is 12.5. The Morgan fingerprint density at radius 2 is 1.51 bits per heavy atom. The molecule has 0 radical (unpaired) electrons. The minimum absolute atomic E-state index is 0.386. The third kappa shape index (κ3) is 10.4. The number of hydrogen-bond acceptors (Lipinski definition) is 14. The second-order valence-corrected chi connectivity index (χ2v) is 10.2. The maximum atomic E-state index is 12.5. The van der Waals surface area contributed by atoms with Crippen LogP contribution in [0.25, 0.3) is 0 Å². The van der Waals surface area contributed by atoms with Crippen LogP contribution in [0.15, 0.2) is 12.1 Å². The molecule has 198 valence electrons. The predicted octanol–water partition coefficient (Wildman–Crippen LogP) is -1.66. The van der Waals surface area contributed by atoms with Crippen LogP contribution in [-0.4, -0.2) is 101 Å². The monoisotopic (exact) mass is 544 g/mol. The third-order valence-electron chi connectivity index (χ3n) is 4.10. The molecule has 0 aromatic heterocycles. The zero-order valence-electron chi connectivity index (χ0n) is 18.5. The van der Waals surface area contributed by atoms with Crippen LogP contribution in [0.5, 0.6) is 0 Å². The van der Waals surface area contributed by atoms with Gasteiger partial charge in [-0.3, -0.25) is 33.4 Å². The van der Waals surface area contributed by atoms with E-state index in [9.17, 15) is 47.0 Å². The summed E-state index contributed by atoms with van der Waals surface area (Å²) >= 11 is 0. The number of amides is 1. The molecular formula is C16H24N4O13S2. The fraction of sp³-hybridized carbons (Fsp3) is 0.562. The summed E-state index contributed by atoms with van der Waals surface area (Å²) in [5, 5.41) is 43.5. The van der Waals surface area contributed by atoms with Gasteiger partial charge in [-0.2, -0.15) is 16.8 Å². The van der Waals surface area contributed by atoms with Crippen molar-refractivity contribution in [3.05, 3.63) is 37.9 Å². The lowest BCUT2D eigenvalue weighted by Gasteiger charge is -2.24. The van der Waals surface area contributed by atoms with Gasteiger partial charge in [-0.05, 0) is 6.07 Å². The second-order valence-electron chi connectivity index (χ2n) is 6.96. The van der Waals surface area contributed by atoms with E-state index in [0.29, 0.717) is 6.07 Å². The number of nitro benzene ring substituents is 2. The summed E-state index contributed by atoms with van der Waals surface area (Å²) in [5.74, 6) is -1.11. The number of aliphatic hydroxyl groups excluding tert-OH is 2. The van der Waals surface area contributed by atoms with Crippen LogP contribution < -0.4 is 10.2 Å². The summed E-state index contributed by atoms with van der Waals surface area (Å²) in [4.78, 5) is 34.7. The quantitative estimate of drug-likeness (QED) is 0.127. The Morgan fingerprint density at radius 1 is 1.03 bits per heavy atom. The number of aliphatic hydroxyl groups is 2. The van der Waals surface area contributed by atoms with Gasteiger partial charge in [0.1, 0.15) is 11.3 Å². The van der Waals surface area contributed by atoms with E-state index in [-0.39, 0.29) is 13.1 Å². The second kappa shape index (κ2) is 12.7. The largest absolute Gasteiger partial charge is 0.394 e. The van der Waals surface area contributed by atoms with Gasteiger partial charge in [-0.25, -0.2) is 0 Å². The number of nitrogens with one attached hydrogen (secondary N) is 1. The highest BCUT2D eigenvalue weighted by molar-refractivity contribution is 7.86. The van der Waals surface area contributed by atoms with Gasteiger partial charge in [0.25, 0.3) is 37.5 Å². The van der Waals surface area contributed by atoms with Gasteiger partial charge in [-0.15, -0.1) is 0 Å². The standard InChI is InChI=1S/C16H24N4O13S2/c1-34(28,29)32-5-3-18(4-6-33-35(2,30)31)14-7-12(16(23)17-9-11(22)10-21)13(19(24)25)8-15(14)20(26)27/h7-8,11,21-22H,3-6,9-10H2,1-2H3,(H,17,23). The van der Waals surface area contributed by atoms with E-state index in [2.05, 4.69) is 13.7 Å². The Bertz CT molecular complexity index is 1120. The average Bonchev–Trinajstić information content (AvgIpc) is 2.73. The van der Waals surface area contributed by atoms with Crippen molar-refractivity contribution in [3.63, 3.8) is 0 Å². The fourth-order valence-corrected chi connectivity index (χ4v) is 3.37. The number of anilines is 1. The molecule has 17 nitrogen and oxygen atoms in total. The van der Waals surface area contributed by atoms with Gasteiger partial charge < -0.3 is 20.4 Å². The number of nitrogens with zero attached hydrogens (tertiary/aromatic N) is 3. The maximum Gasteiger partial charge on any atom is 0.299 e. The molecule has 0 aliphatic carbocycles. The summed E-state index contributed by atoms with van der Waals surface area (Å²) in [5.41, 5.74) is -2.85. The Kier molecular flexibility index (Phi) is 10.9. The van der Waals surface area contributed by atoms with Crippen molar-refractivity contribution < 1.29 is 50.1 Å². The Balaban J connectivity index is 3.52. The smallest absolute Gasteiger partial charge is 0.299 e. The molecule has 0 aliphatic heterocycles. The van der Waals surface area contributed by atoms with Crippen LogP contribution in [0.4, 0.5) is 17.1 Å². The van der Waals surface area contributed by atoms with Crippen LogP contribution in [0.3, 0.4) is 0 Å². The molecule has 0 spiro atoms. The van der Waals surface area contributed by atoms with Gasteiger partial charge in [0.05, 0.1) is 54.3 Å². The molecule has 0 fully saturated rings. The molecule has 0 saturated carbocycles. The normalized spacial score (nSPS) is 12.7. The zero-order chi connectivity index (χ0) is 27.0. The van der Waals surface area contributed by atoms with Crippen molar-refractivity contribution in [2.24, 2.45) is 0 Å². The molecule has 0 heterocycles. The van der Waals surface area contributed by atoms with Crippen LogP contribution in [0.1, 0.15) is 10.4 Å². The highest BCUT2D eigenvalue weighted by atomic mass is 32.2. The number of hydrogen-bond donors (Lipinski definition) is 3. The summed E-state index contributed by atoms with van der Waals surface area (Å²) in [7, 11) is -7.83. The van der Waals surface area contributed by atoms with E-state index in [1.54, 1.807) is 0 Å². The number of carbonyl (C=O) groups excluding carboxylic acids is 1. The number of rotatable bonds is 15. The van der Waals surface area contributed by atoms with E-state index in [1.165, 1.54) is 0 Å². The lowest BCUT2D eigenvalue weighted by atomic mass is 10.1. The summed E-state index contributed by atoms with van der Waals surface area (Å²) in [6.07, 6.45) is 0.122. The first-order valence-corrected chi connectivity index (χ1v) is 13.2. The Labute approximate surface area is 199 Å². The van der Waals surface area contributed by atoms with Gasteiger partial charge in [0.15, 0.2) is 0 Å². The minimum Gasteiger partial charge on any atom is -0.394 e. The molecule has 0 aliphatic rings. The zero-order valence-corrected chi connectivity index (χ0v) is 20.2. The van der Waals surface area contributed by atoms with Crippen LogP contribution in [-0.2, 0) is 28.6 Å². The number of nitro groups is 2. The average molecular weight is 545 g/mol. The lowest BCUT2D eigenvalue weighted by Crippen LogP contribution is -2.35. The van der Waals surface area contributed by atoms with Crippen molar-refractivity contribution in [1.29, 1.82) is 0 Å². The highest BCUT2D eigenvalue weighted by Crippen LogP contribution is 2.35. The van der Waals surface area contributed by atoms with Gasteiger partial charge >= 0.3 is 0 Å². The van der Waals surface area contributed by atoms with E-state index in [4.69, 9.17) is 5.11 Å². The molecule has 1 unspecified atom stereocenters. The van der Waals surface area contributed by atoms with Crippen molar-refractivity contribution >= 4 is 43.2 Å². The van der Waals surface area contributed by atoms with E-state index < -0.39 is 91.1 Å². The molecule has 1 rings (SSSR count). The van der Waals surface area contributed by atoms with Crippen molar-refractivity contribution in [1.82, 2.24) is 5.32 Å². The molecule has 1 amide bonds. The van der Waals surface area contributed by atoms with Gasteiger partial charge in [0.2, 0.25) is 0 Å². The van der Waals surface area contributed by atoms with E-state index in [1.807, 2.05) is 0 Å². The van der Waals surface area contributed by atoms with Crippen molar-refractivity contribution in [2.75, 3.05) is 56.9 Å². The first-order valence-electron chi connectivity index (χ1n) is 9.53. The molecule has 3 N–H and O–H groups in total. The van der Waals surface area contributed by atoms with Crippen LogP contribution >= 0.6 is 0 Å². The highest BCUT2D eigenvalue weighted by Gasteiger charge is 2.31. The fourth-order valence-electron chi connectivity index (χ4n) is 2.62. The molecule has 1 aromatic rings. The van der Waals surface area contributed by atoms with Gasteiger partial charge in [0, 0.05) is 19.6 Å². The molecule has 35 heavy (non-hydrogen) atoms. The van der Waals surface area contributed by atoms with Crippen molar-refractivity contribution in [2.45, 2.75) is 6.10 Å². The molecule has 1 atom stereocenters. The van der Waals surface area contributed by atoms with Crippen LogP contribution in [0, 0.1) is 20.2 Å². The summed E-state index contributed by atoms with van der Waals surface area (Å²) < 4.78 is 54.3. The molecule has 0 saturated heterocycles. The molecule has 0 bridgehead atoms. The first-order chi connectivity index (χ1) is 16.1. The number of benzene rings is 1. The van der Waals surface area contributed by atoms with Crippen LogP contribution in [0.2, 0.25) is 0 Å². The topological polar surface area (TPSA) is 246 Å². The van der Waals surface area contributed by atoms with E-state index in [0.717, 1.165) is 23.5 Å². The van der Waals surface area contributed by atoms with Gasteiger partial charge in [-0.1, -0.05) is 0 Å². The predicted molar refractivity (Wildman–Crippen MR) is 119 cm³/mol. The number of carbonyl (C=O) groups is 1. The Hall–Kier alpha value is -2.97. The first kappa shape index (κ1) is 30.1. The SMILES string of the molecule is CS(=O)(=O)OCCN(CCOS(C)(=O)=O)c1cc(C(=O)NCC(O)CO)c([N+](=O)[O-])cc1[N+](=O)[O-]. The minimum atomic E-state index is -3.92. The van der Waals surface area contributed by atoms with Crippen molar-refractivity contribution in [3.8, 4) is 0 Å². The van der Waals surface area contributed by atoms with E-state index >= 15 is 0 Å². The third-order valence-corrected chi connectivity index (χ3v) is 5.29. The lowest BCUT2D eigenvalue weighted by molar-refractivity contribution is -0.393. The Morgan fingerprint density at radius 3 is 1.91 bits per heavy atom.